The molecule has 0 spiro atoms. The largest absolute Gasteiger partial charge is 0.347 e. The first-order valence-corrected chi connectivity index (χ1v) is 6.91. The normalized spacial score (nSPS) is 12.8. The molecule has 0 bridgehead atoms. The van der Waals surface area contributed by atoms with Crippen LogP contribution in [0.4, 0.5) is 0 Å². The molecule has 90 valence electrons. The average Bonchev–Trinajstić information content (AvgIpc) is 2.25. The lowest BCUT2D eigenvalue weighted by atomic mass is 10.2. The van der Waals surface area contributed by atoms with Gasteiger partial charge in [0.1, 0.15) is 5.66 Å². The van der Waals surface area contributed by atoms with Crippen molar-refractivity contribution in [3.8, 4) is 12.1 Å². The van der Waals surface area contributed by atoms with Gasteiger partial charge >= 0.3 is 7.60 Å². The van der Waals surface area contributed by atoms with Gasteiger partial charge in [0.15, 0.2) is 0 Å². The van der Waals surface area contributed by atoms with Crippen LogP contribution >= 0.6 is 7.60 Å². The van der Waals surface area contributed by atoms with E-state index < -0.39 is 13.3 Å². The second-order valence-electron chi connectivity index (χ2n) is 3.07. The van der Waals surface area contributed by atoms with Crippen molar-refractivity contribution in [3.05, 3.63) is 0 Å². The topological polar surface area (TPSA) is 83.1 Å². The number of hydrogen-bond donors (Lipinski definition) is 0. The smallest absolute Gasteiger partial charge is 0.308 e. The zero-order valence-corrected chi connectivity index (χ0v) is 10.6. The molecule has 6 heteroatoms. The van der Waals surface area contributed by atoms with Crippen molar-refractivity contribution in [2.75, 3.05) is 13.2 Å². The third-order valence-corrected chi connectivity index (χ3v) is 4.29. The van der Waals surface area contributed by atoms with Crippen LogP contribution in [0.25, 0.3) is 0 Å². The standard InChI is InChI=1S/C10H17N2O3P/c1-3-14-16(13,15-4-2)10(9-12)7-5-6-8-11/h10H,3-7H2,1-2H3. The molecule has 0 saturated carbocycles. The highest BCUT2D eigenvalue weighted by molar-refractivity contribution is 7.55. The molecule has 0 N–H and O–H groups in total. The van der Waals surface area contributed by atoms with Crippen molar-refractivity contribution < 1.29 is 13.6 Å². The van der Waals surface area contributed by atoms with Crippen LogP contribution in [0, 0.1) is 22.7 Å². The van der Waals surface area contributed by atoms with E-state index >= 15 is 0 Å². The maximum Gasteiger partial charge on any atom is 0.347 e. The molecule has 0 fully saturated rings. The number of unbranched alkanes of at least 4 members (excludes halogenated alkanes) is 1. The second-order valence-corrected chi connectivity index (χ2v) is 5.29. The van der Waals surface area contributed by atoms with Crippen LogP contribution in [0.1, 0.15) is 33.1 Å². The summed E-state index contributed by atoms with van der Waals surface area (Å²) in [7, 11) is -3.34. The van der Waals surface area contributed by atoms with Crippen LogP contribution in [-0.2, 0) is 13.6 Å². The van der Waals surface area contributed by atoms with Gasteiger partial charge < -0.3 is 9.05 Å². The van der Waals surface area contributed by atoms with Gasteiger partial charge in [-0.3, -0.25) is 4.57 Å². The Bertz CT molecular complexity index is 309. The van der Waals surface area contributed by atoms with Gasteiger partial charge in [0.25, 0.3) is 0 Å². The van der Waals surface area contributed by atoms with Gasteiger partial charge in [-0.1, -0.05) is 0 Å². The molecule has 0 aliphatic carbocycles. The van der Waals surface area contributed by atoms with Crippen LogP contribution in [0.3, 0.4) is 0 Å². The highest BCUT2D eigenvalue weighted by atomic mass is 31.2. The maximum atomic E-state index is 12.2. The summed E-state index contributed by atoms with van der Waals surface area (Å²) in [4.78, 5) is 0. The fourth-order valence-corrected chi connectivity index (χ4v) is 3.04. The van der Waals surface area contributed by atoms with Crippen molar-refractivity contribution >= 4 is 7.60 Å². The molecule has 16 heavy (non-hydrogen) atoms. The minimum absolute atomic E-state index is 0.244. The lowest BCUT2D eigenvalue weighted by Gasteiger charge is -2.20. The third-order valence-electron chi connectivity index (χ3n) is 1.91. The van der Waals surface area contributed by atoms with Gasteiger partial charge in [0.2, 0.25) is 0 Å². The molecule has 0 heterocycles. The molecule has 0 aromatic rings. The molecular formula is C10H17N2O3P. The second kappa shape index (κ2) is 8.30. The van der Waals surface area contributed by atoms with Gasteiger partial charge in [-0.2, -0.15) is 10.5 Å². The van der Waals surface area contributed by atoms with E-state index in [0.717, 1.165) is 0 Å². The molecule has 1 atom stereocenters. The Hall–Kier alpha value is -0.870. The van der Waals surface area contributed by atoms with Gasteiger partial charge in [-0.15, -0.1) is 0 Å². The predicted molar refractivity (Wildman–Crippen MR) is 59.7 cm³/mol. The Kier molecular flexibility index (Phi) is 7.85. The quantitative estimate of drug-likeness (QED) is 0.484. The van der Waals surface area contributed by atoms with E-state index in [4.69, 9.17) is 19.6 Å². The Morgan fingerprint density at radius 1 is 1.25 bits per heavy atom. The van der Waals surface area contributed by atoms with Crippen molar-refractivity contribution in [3.63, 3.8) is 0 Å². The molecule has 0 saturated heterocycles. The van der Waals surface area contributed by atoms with E-state index in [-0.39, 0.29) is 13.2 Å². The summed E-state index contributed by atoms with van der Waals surface area (Å²) in [6, 6.07) is 3.93. The molecule has 0 radical (unpaired) electrons. The number of nitrogens with zero attached hydrogens (tertiary/aromatic N) is 2. The molecule has 0 rings (SSSR count). The van der Waals surface area contributed by atoms with Crippen LogP contribution in [-0.4, -0.2) is 18.9 Å². The fraction of sp³-hybridized carbons (Fsp3) is 0.800. The van der Waals surface area contributed by atoms with Gasteiger partial charge in [0, 0.05) is 6.42 Å². The zero-order chi connectivity index (χ0) is 12.4. The van der Waals surface area contributed by atoms with E-state index in [1.165, 1.54) is 0 Å². The van der Waals surface area contributed by atoms with E-state index in [2.05, 4.69) is 0 Å². The Labute approximate surface area is 96.5 Å². The highest BCUT2D eigenvalue weighted by Gasteiger charge is 2.35. The van der Waals surface area contributed by atoms with Crippen LogP contribution in [0.15, 0.2) is 0 Å². The molecule has 0 aliphatic heterocycles. The van der Waals surface area contributed by atoms with E-state index in [1.54, 1.807) is 13.8 Å². The first kappa shape index (κ1) is 15.1. The number of hydrogen-bond acceptors (Lipinski definition) is 5. The van der Waals surface area contributed by atoms with Crippen LogP contribution in [0.5, 0.6) is 0 Å². The summed E-state index contributed by atoms with van der Waals surface area (Å²) in [5.74, 6) is 0. The highest BCUT2D eigenvalue weighted by Crippen LogP contribution is 2.54. The van der Waals surface area contributed by atoms with Crippen molar-refractivity contribution in [2.24, 2.45) is 0 Å². The minimum atomic E-state index is -3.34. The molecule has 5 nitrogen and oxygen atoms in total. The van der Waals surface area contributed by atoms with Gasteiger partial charge in [-0.05, 0) is 26.7 Å². The van der Waals surface area contributed by atoms with Crippen LogP contribution < -0.4 is 0 Å². The first-order chi connectivity index (χ1) is 7.64. The lowest BCUT2D eigenvalue weighted by Crippen LogP contribution is -2.11. The first-order valence-electron chi connectivity index (χ1n) is 5.30. The van der Waals surface area contributed by atoms with E-state index in [0.29, 0.717) is 19.3 Å². The summed E-state index contributed by atoms with van der Waals surface area (Å²) >= 11 is 0. The van der Waals surface area contributed by atoms with Crippen molar-refractivity contribution in [1.82, 2.24) is 0 Å². The molecule has 0 amide bonds. The number of rotatable bonds is 8. The van der Waals surface area contributed by atoms with Gasteiger partial charge in [-0.25, -0.2) is 0 Å². The Morgan fingerprint density at radius 2 is 1.81 bits per heavy atom. The SMILES string of the molecule is CCOP(=O)(OCC)C(C#N)CCCC#N. The van der Waals surface area contributed by atoms with Gasteiger partial charge in [0.05, 0.1) is 25.4 Å². The minimum Gasteiger partial charge on any atom is -0.308 e. The Balaban J connectivity index is 4.54. The maximum absolute atomic E-state index is 12.2. The third kappa shape index (κ3) is 4.77. The Morgan fingerprint density at radius 3 is 2.19 bits per heavy atom. The predicted octanol–water partition coefficient (Wildman–Crippen LogP) is 2.84. The fourth-order valence-electron chi connectivity index (χ4n) is 1.24. The van der Waals surface area contributed by atoms with E-state index in [1.807, 2.05) is 12.1 Å². The summed E-state index contributed by atoms with van der Waals surface area (Å²) in [6.07, 6.45) is 1.23. The zero-order valence-electron chi connectivity index (χ0n) is 9.68. The van der Waals surface area contributed by atoms with E-state index in [9.17, 15) is 4.57 Å². The summed E-state index contributed by atoms with van der Waals surface area (Å²) in [5.41, 5.74) is -0.777. The molecule has 1 unspecified atom stereocenters. The molecule has 0 aliphatic rings. The molecular weight excluding hydrogens is 227 g/mol. The molecule has 0 aromatic carbocycles. The summed E-state index contributed by atoms with van der Waals surface area (Å²) in [5, 5.41) is 17.3. The summed E-state index contributed by atoms with van der Waals surface area (Å²) < 4.78 is 22.4. The monoisotopic (exact) mass is 244 g/mol. The number of nitriles is 2. The van der Waals surface area contributed by atoms with Crippen molar-refractivity contribution in [1.29, 1.82) is 10.5 Å². The lowest BCUT2D eigenvalue weighted by molar-refractivity contribution is 0.215. The summed E-state index contributed by atoms with van der Waals surface area (Å²) in [6.45, 7) is 3.90. The van der Waals surface area contributed by atoms with Crippen molar-refractivity contribution in [2.45, 2.75) is 38.8 Å². The average molecular weight is 244 g/mol. The molecule has 0 aromatic heterocycles. The van der Waals surface area contributed by atoms with Crippen LogP contribution in [0.2, 0.25) is 0 Å².